The molecule has 1 aromatic carbocycles. The average Bonchev–Trinajstić information content (AvgIpc) is 2.79. The minimum Gasteiger partial charge on any atom is -0.385 e. The number of nitrogens with one attached hydrogen (secondary N) is 1. The second kappa shape index (κ2) is 4.74. The summed E-state index contributed by atoms with van der Waals surface area (Å²) in [6, 6.07) is 5.57. The highest BCUT2D eigenvalue weighted by molar-refractivity contribution is 7.89. The monoisotopic (exact) mass is 294 g/mol. The van der Waals surface area contributed by atoms with E-state index in [0.29, 0.717) is 18.0 Å². The molecule has 0 saturated carbocycles. The van der Waals surface area contributed by atoms with Crippen LogP contribution in [0.15, 0.2) is 23.1 Å². The molecule has 2 aliphatic heterocycles. The van der Waals surface area contributed by atoms with Crippen molar-refractivity contribution in [2.75, 3.05) is 25.0 Å². The van der Waals surface area contributed by atoms with Gasteiger partial charge >= 0.3 is 0 Å². The van der Waals surface area contributed by atoms with E-state index in [2.05, 4.69) is 19.2 Å². The van der Waals surface area contributed by atoms with Gasteiger partial charge in [-0.1, -0.05) is 19.9 Å². The zero-order valence-corrected chi connectivity index (χ0v) is 13.0. The van der Waals surface area contributed by atoms with Gasteiger partial charge in [-0.15, -0.1) is 0 Å². The fourth-order valence-corrected chi connectivity index (χ4v) is 5.03. The maximum Gasteiger partial charge on any atom is 0.243 e. The fraction of sp³-hybridized carbons (Fsp3) is 0.600. The first-order chi connectivity index (χ1) is 9.40. The number of hydrogen-bond acceptors (Lipinski definition) is 3. The molecule has 0 radical (unpaired) electrons. The van der Waals surface area contributed by atoms with Crippen LogP contribution in [-0.2, 0) is 16.4 Å². The van der Waals surface area contributed by atoms with Gasteiger partial charge in [0.2, 0.25) is 10.0 Å². The lowest BCUT2D eigenvalue weighted by atomic mass is 9.93. The van der Waals surface area contributed by atoms with E-state index in [4.69, 9.17) is 0 Å². The lowest BCUT2D eigenvalue weighted by Gasteiger charge is -2.24. The van der Waals surface area contributed by atoms with Crippen molar-refractivity contribution in [3.8, 4) is 0 Å². The molecule has 1 saturated heterocycles. The Balaban J connectivity index is 2.00. The van der Waals surface area contributed by atoms with Gasteiger partial charge in [-0.3, -0.25) is 0 Å². The van der Waals surface area contributed by atoms with Gasteiger partial charge in [0.15, 0.2) is 0 Å². The highest BCUT2D eigenvalue weighted by Gasteiger charge is 2.38. The van der Waals surface area contributed by atoms with Crippen LogP contribution in [0, 0.1) is 5.41 Å². The molecule has 1 fully saturated rings. The van der Waals surface area contributed by atoms with E-state index in [1.54, 1.807) is 10.4 Å². The molecule has 0 aliphatic carbocycles. The number of benzene rings is 1. The second-order valence-corrected chi connectivity index (χ2v) is 8.47. The van der Waals surface area contributed by atoms with Crippen molar-refractivity contribution in [2.45, 2.75) is 38.0 Å². The third kappa shape index (κ3) is 2.33. The normalized spacial score (nSPS) is 22.3. The van der Waals surface area contributed by atoms with Gasteiger partial charge in [0.05, 0.1) is 4.90 Å². The maximum atomic E-state index is 12.9. The Morgan fingerprint density at radius 2 is 2.10 bits per heavy atom. The number of nitrogens with zero attached hydrogens (tertiary/aromatic N) is 1. The van der Waals surface area contributed by atoms with Gasteiger partial charge in [-0.2, -0.15) is 4.31 Å². The van der Waals surface area contributed by atoms with Crippen molar-refractivity contribution in [3.63, 3.8) is 0 Å². The summed E-state index contributed by atoms with van der Waals surface area (Å²) in [4.78, 5) is 0.500. The largest absolute Gasteiger partial charge is 0.385 e. The number of fused-ring (bicyclic) bond motifs is 1. The number of hydrogen-bond donors (Lipinski definition) is 1. The highest BCUT2D eigenvalue weighted by Crippen LogP contribution is 2.35. The zero-order valence-electron chi connectivity index (χ0n) is 12.1. The maximum absolute atomic E-state index is 12.9. The molecule has 4 nitrogen and oxygen atoms in total. The van der Waals surface area contributed by atoms with E-state index in [1.165, 1.54) is 0 Å². The molecule has 0 unspecified atom stereocenters. The van der Waals surface area contributed by atoms with Crippen molar-refractivity contribution in [2.24, 2.45) is 5.41 Å². The van der Waals surface area contributed by atoms with E-state index >= 15 is 0 Å². The van der Waals surface area contributed by atoms with Crippen LogP contribution in [0.1, 0.15) is 32.3 Å². The number of rotatable bonds is 2. The molecule has 0 aromatic heterocycles. The third-order valence-electron chi connectivity index (χ3n) is 4.31. The summed E-state index contributed by atoms with van der Waals surface area (Å²) >= 11 is 0. The predicted octanol–water partition coefficient (Wildman–Crippen LogP) is 2.47. The van der Waals surface area contributed by atoms with Gasteiger partial charge in [-0.05, 0) is 42.4 Å². The van der Waals surface area contributed by atoms with Crippen molar-refractivity contribution < 1.29 is 8.42 Å². The lowest BCUT2D eigenvalue weighted by molar-refractivity contribution is 0.375. The van der Waals surface area contributed by atoms with Gasteiger partial charge in [0.1, 0.15) is 0 Å². The van der Waals surface area contributed by atoms with Crippen molar-refractivity contribution in [1.82, 2.24) is 4.31 Å². The molecule has 110 valence electrons. The lowest BCUT2D eigenvalue weighted by Crippen LogP contribution is -2.31. The van der Waals surface area contributed by atoms with Gasteiger partial charge in [0, 0.05) is 25.3 Å². The SMILES string of the molecule is CC1(C)CCN(S(=O)(=O)c2cccc3c2CCCN3)C1. The van der Waals surface area contributed by atoms with Crippen LogP contribution < -0.4 is 5.32 Å². The number of sulfonamides is 1. The molecular weight excluding hydrogens is 272 g/mol. The Bertz CT molecular complexity index is 623. The Kier molecular flexibility index (Phi) is 3.29. The van der Waals surface area contributed by atoms with Gasteiger partial charge in [-0.25, -0.2) is 8.42 Å². The summed E-state index contributed by atoms with van der Waals surface area (Å²) in [7, 11) is -3.36. The quantitative estimate of drug-likeness (QED) is 0.911. The number of anilines is 1. The van der Waals surface area contributed by atoms with Crippen LogP contribution in [0.5, 0.6) is 0 Å². The molecule has 2 heterocycles. The summed E-state index contributed by atoms with van der Waals surface area (Å²) in [5.41, 5.74) is 2.03. The first-order valence-corrected chi connectivity index (χ1v) is 8.70. The summed E-state index contributed by atoms with van der Waals surface area (Å²) in [6.07, 6.45) is 2.76. The predicted molar refractivity (Wildman–Crippen MR) is 80.4 cm³/mol. The Morgan fingerprint density at radius 1 is 1.30 bits per heavy atom. The molecule has 0 bridgehead atoms. The van der Waals surface area contributed by atoms with E-state index < -0.39 is 10.0 Å². The van der Waals surface area contributed by atoms with E-state index in [9.17, 15) is 8.42 Å². The molecule has 0 spiro atoms. The van der Waals surface area contributed by atoms with Gasteiger partial charge < -0.3 is 5.32 Å². The molecule has 0 amide bonds. The van der Waals surface area contributed by atoms with Crippen LogP contribution in [0.25, 0.3) is 0 Å². The topological polar surface area (TPSA) is 49.4 Å². The van der Waals surface area contributed by atoms with Crippen molar-refractivity contribution in [1.29, 1.82) is 0 Å². The summed E-state index contributed by atoms with van der Waals surface area (Å²) in [6.45, 7) is 6.43. The van der Waals surface area contributed by atoms with E-state index in [-0.39, 0.29) is 5.41 Å². The molecule has 5 heteroatoms. The van der Waals surface area contributed by atoms with Crippen LogP contribution in [0.2, 0.25) is 0 Å². The minimum atomic E-state index is -3.36. The molecule has 1 N–H and O–H groups in total. The van der Waals surface area contributed by atoms with E-state index in [0.717, 1.165) is 37.1 Å². The van der Waals surface area contributed by atoms with Gasteiger partial charge in [0.25, 0.3) is 0 Å². The third-order valence-corrected chi connectivity index (χ3v) is 6.24. The Morgan fingerprint density at radius 3 is 2.80 bits per heavy atom. The smallest absolute Gasteiger partial charge is 0.243 e. The summed E-state index contributed by atoms with van der Waals surface area (Å²) in [5, 5.41) is 3.30. The Labute approximate surface area is 121 Å². The summed E-state index contributed by atoms with van der Waals surface area (Å²) < 4.78 is 27.4. The molecular formula is C15H22N2O2S. The fourth-order valence-electron chi connectivity index (χ4n) is 3.13. The van der Waals surface area contributed by atoms with Crippen molar-refractivity contribution in [3.05, 3.63) is 23.8 Å². The standard InChI is InChI=1S/C15H22N2O2S/c1-15(2)8-10-17(11-15)20(18,19)14-7-3-6-13-12(14)5-4-9-16-13/h3,6-7,16H,4-5,8-11H2,1-2H3. The summed E-state index contributed by atoms with van der Waals surface area (Å²) in [5.74, 6) is 0. The first kappa shape index (κ1) is 13.9. The van der Waals surface area contributed by atoms with Crippen LogP contribution in [0.3, 0.4) is 0 Å². The van der Waals surface area contributed by atoms with Crippen molar-refractivity contribution >= 4 is 15.7 Å². The molecule has 20 heavy (non-hydrogen) atoms. The highest BCUT2D eigenvalue weighted by atomic mass is 32.2. The first-order valence-electron chi connectivity index (χ1n) is 7.26. The van der Waals surface area contributed by atoms with E-state index in [1.807, 2.05) is 12.1 Å². The zero-order chi connectivity index (χ0) is 14.4. The molecule has 0 atom stereocenters. The second-order valence-electron chi connectivity index (χ2n) is 6.57. The van der Waals surface area contributed by atoms with Crippen LogP contribution in [-0.4, -0.2) is 32.4 Å². The molecule has 1 aromatic rings. The Hall–Kier alpha value is -1.07. The minimum absolute atomic E-state index is 0.0835. The molecule has 2 aliphatic rings. The van der Waals surface area contributed by atoms with Crippen LogP contribution >= 0.6 is 0 Å². The van der Waals surface area contributed by atoms with Crippen LogP contribution in [0.4, 0.5) is 5.69 Å². The average molecular weight is 294 g/mol. The molecule has 3 rings (SSSR count).